The fourth-order valence-electron chi connectivity index (χ4n) is 7.29. The molecule has 0 unspecified atom stereocenters. The van der Waals surface area contributed by atoms with Crippen LogP contribution < -0.4 is 0 Å². The number of aliphatic hydroxyl groups is 1. The van der Waals surface area contributed by atoms with Crippen molar-refractivity contribution in [2.24, 2.45) is 21.7 Å². The van der Waals surface area contributed by atoms with Crippen LogP contribution in [0.4, 0.5) is 0 Å². The summed E-state index contributed by atoms with van der Waals surface area (Å²) in [4.78, 5) is 17.2. The number of fused-ring (bicyclic) bond motifs is 1. The molecule has 2 aromatic carbocycles. The van der Waals surface area contributed by atoms with Gasteiger partial charge in [-0.15, -0.1) is 34.9 Å². The molecular weight excluding hydrogens is 731 g/mol. The average molecular weight is 789 g/mol. The van der Waals surface area contributed by atoms with E-state index >= 15 is 0 Å². The van der Waals surface area contributed by atoms with E-state index in [2.05, 4.69) is 103 Å². The molecule has 1 fully saturated rings. The van der Waals surface area contributed by atoms with Crippen molar-refractivity contribution in [3.8, 4) is 11.3 Å². The second-order valence-corrected chi connectivity index (χ2v) is 17.0. The summed E-state index contributed by atoms with van der Waals surface area (Å²) in [6.07, 6.45) is 10.4. The first-order chi connectivity index (χ1) is 20.2. The predicted octanol–water partition coefficient (Wildman–Crippen LogP) is 11.9. The number of aromatic nitrogens is 1. The van der Waals surface area contributed by atoms with Gasteiger partial charge in [-0.05, 0) is 70.5 Å². The van der Waals surface area contributed by atoms with Crippen LogP contribution >= 0.6 is 0 Å². The molecule has 3 aromatic rings. The molecule has 0 atom stereocenters. The molecule has 249 valence electrons. The summed E-state index contributed by atoms with van der Waals surface area (Å²) in [5.41, 5.74) is 5.43. The Labute approximate surface area is 288 Å². The Kier molecular flexibility index (Phi) is 13.0. The van der Waals surface area contributed by atoms with Crippen LogP contribution in [0, 0.1) is 41.6 Å². The number of aryl methyl sites for hydroxylation is 2. The van der Waals surface area contributed by atoms with Gasteiger partial charge in [-0.3, -0.25) is 4.79 Å². The van der Waals surface area contributed by atoms with Crippen molar-refractivity contribution < 1.29 is 30.0 Å². The molecule has 1 saturated carbocycles. The fraction of sp³-hybridized carbons (Fsp3) is 0.561. The zero-order valence-electron chi connectivity index (χ0n) is 30.1. The van der Waals surface area contributed by atoms with Gasteiger partial charge in [0.2, 0.25) is 0 Å². The number of carbonyl (C=O) groups excluding carboxylic acids is 1. The van der Waals surface area contributed by atoms with E-state index in [1.165, 1.54) is 59.2 Å². The number of rotatable bonds is 7. The average Bonchev–Trinajstić information content (AvgIpc) is 3.40. The Hall–Kier alpha value is -2.29. The third-order valence-corrected chi connectivity index (χ3v) is 8.59. The molecule has 1 N–H and O–H groups in total. The third kappa shape index (κ3) is 11.5. The summed E-state index contributed by atoms with van der Waals surface area (Å²) >= 11 is 0. The molecule has 1 heterocycles. The number of hydrogen-bond acceptors (Lipinski definition) is 3. The molecule has 45 heavy (non-hydrogen) atoms. The van der Waals surface area contributed by atoms with Crippen molar-refractivity contribution in [3.63, 3.8) is 0 Å². The van der Waals surface area contributed by atoms with Crippen LogP contribution in [0.2, 0.25) is 0 Å². The second-order valence-electron chi connectivity index (χ2n) is 17.0. The Bertz CT molecular complexity index is 1460. The first-order valence-corrected chi connectivity index (χ1v) is 16.5. The molecule has 1 aliphatic rings. The van der Waals surface area contributed by atoms with Crippen molar-refractivity contribution in [2.75, 3.05) is 0 Å². The fourth-order valence-corrected chi connectivity index (χ4v) is 7.29. The summed E-state index contributed by atoms with van der Waals surface area (Å²) in [7, 11) is 0. The molecule has 0 aliphatic heterocycles. The molecule has 1 aliphatic carbocycles. The van der Waals surface area contributed by atoms with Crippen molar-refractivity contribution in [1.82, 2.24) is 4.98 Å². The van der Waals surface area contributed by atoms with Gasteiger partial charge < -0.3 is 10.1 Å². The van der Waals surface area contributed by atoms with E-state index in [1.807, 2.05) is 33.9 Å². The number of aliphatic hydroxyl groups excluding tert-OH is 1. The predicted molar refractivity (Wildman–Crippen MR) is 188 cm³/mol. The minimum absolute atomic E-state index is 0. The van der Waals surface area contributed by atoms with E-state index in [9.17, 15) is 9.90 Å². The van der Waals surface area contributed by atoms with Crippen molar-refractivity contribution >= 4 is 16.6 Å². The molecule has 0 saturated heterocycles. The SMILES string of the molecule is CC(C)(C)CC(C)(C)C(=O)/C=C(\O)C(C)(C)CC(C)(C)C.Cc1[c-]c(-c2nccc3cc(C4CCCC4)ccc23)cc(C)c1.[Ir]. The maximum Gasteiger partial charge on any atom is 0.164 e. The normalized spacial score (nSPS) is 15.0. The zero-order valence-corrected chi connectivity index (χ0v) is 32.5. The van der Waals surface area contributed by atoms with Gasteiger partial charge in [0.25, 0.3) is 0 Å². The van der Waals surface area contributed by atoms with Gasteiger partial charge in [-0.2, -0.15) is 0 Å². The summed E-state index contributed by atoms with van der Waals surface area (Å²) in [6, 6.07) is 16.9. The zero-order chi connectivity index (χ0) is 33.1. The molecule has 3 nitrogen and oxygen atoms in total. The number of benzene rings is 2. The minimum atomic E-state index is -0.454. The smallest absolute Gasteiger partial charge is 0.164 e. The largest absolute Gasteiger partial charge is 0.512 e. The second kappa shape index (κ2) is 15.1. The van der Waals surface area contributed by atoms with Gasteiger partial charge in [0.15, 0.2) is 5.78 Å². The van der Waals surface area contributed by atoms with Crippen LogP contribution in [-0.2, 0) is 24.9 Å². The van der Waals surface area contributed by atoms with Gasteiger partial charge in [-0.25, -0.2) is 0 Å². The Balaban J connectivity index is 0.000000309. The number of nitrogens with zero attached hydrogens (tertiary/aromatic N) is 1. The topological polar surface area (TPSA) is 50.2 Å². The standard InChI is InChI=1S/C22H22N.C19H36O2.Ir/c1-15-11-16(2)13-20(12-15)22-21-8-7-18(17-5-3-4-6-17)14-19(21)9-10-23-22;1-16(2,3)12-18(7,8)14(20)11-15(21)19(9,10)13-17(4,5)6;/h7-12,14,17H,3-6H2,1-2H3;11,20H,12-13H2,1-10H3;/q-1;;/b;14-11-;. The van der Waals surface area contributed by atoms with Gasteiger partial charge in [0, 0.05) is 43.2 Å². The van der Waals surface area contributed by atoms with Gasteiger partial charge >= 0.3 is 0 Å². The van der Waals surface area contributed by atoms with Crippen LogP contribution in [-0.4, -0.2) is 15.9 Å². The summed E-state index contributed by atoms with van der Waals surface area (Å²) in [5.74, 6) is 0.963. The Morgan fingerprint density at radius 1 is 0.867 bits per heavy atom. The minimum Gasteiger partial charge on any atom is -0.512 e. The molecule has 1 radical (unpaired) electrons. The van der Waals surface area contributed by atoms with Crippen molar-refractivity contribution in [1.29, 1.82) is 0 Å². The van der Waals surface area contributed by atoms with Gasteiger partial charge in [0.1, 0.15) is 5.76 Å². The quantitative estimate of drug-likeness (QED) is 0.147. The third-order valence-electron chi connectivity index (χ3n) is 8.59. The monoisotopic (exact) mass is 789 g/mol. The number of hydrogen-bond donors (Lipinski definition) is 1. The van der Waals surface area contributed by atoms with E-state index in [0.717, 1.165) is 30.0 Å². The molecule has 0 amide bonds. The van der Waals surface area contributed by atoms with Crippen LogP contribution in [0.1, 0.15) is 130 Å². The maximum absolute atomic E-state index is 12.5. The Morgan fingerprint density at radius 3 is 2.00 bits per heavy atom. The van der Waals surface area contributed by atoms with E-state index in [1.54, 1.807) is 0 Å². The van der Waals surface area contributed by atoms with E-state index < -0.39 is 5.41 Å². The molecular formula is C41H58IrNO2-. The first kappa shape index (κ1) is 38.9. The molecule has 0 bridgehead atoms. The summed E-state index contributed by atoms with van der Waals surface area (Å²) in [5, 5.41) is 12.9. The number of carbonyl (C=O) groups is 1. The van der Waals surface area contributed by atoms with Gasteiger partial charge in [-0.1, -0.05) is 114 Å². The van der Waals surface area contributed by atoms with Crippen molar-refractivity contribution in [2.45, 2.75) is 128 Å². The summed E-state index contributed by atoms with van der Waals surface area (Å²) < 4.78 is 0. The molecule has 4 rings (SSSR count). The van der Waals surface area contributed by atoms with Crippen LogP contribution in [0.5, 0.6) is 0 Å². The van der Waals surface area contributed by atoms with E-state index in [0.29, 0.717) is 0 Å². The number of ketones is 1. The number of pyridine rings is 1. The molecule has 0 spiro atoms. The number of allylic oxidation sites excluding steroid dienone is 2. The van der Waals surface area contributed by atoms with E-state index in [-0.39, 0.29) is 47.9 Å². The first-order valence-electron chi connectivity index (χ1n) is 16.5. The van der Waals surface area contributed by atoms with E-state index in [4.69, 9.17) is 0 Å². The van der Waals surface area contributed by atoms with Gasteiger partial charge in [0.05, 0.1) is 0 Å². The molecule has 4 heteroatoms. The van der Waals surface area contributed by atoms with Crippen LogP contribution in [0.25, 0.3) is 22.0 Å². The maximum atomic E-state index is 12.5. The molecule has 1 aromatic heterocycles. The van der Waals surface area contributed by atoms with Crippen LogP contribution in [0.3, 0.4) is 0 Å². The van der Waals surface area contributed by atoms with Crippen molar-refractivity contribution in [3.05, 3.63) is 77.2 Å². The summed E-state index contributed by atoms with van der Waals surface area (Å²) in [6.45, 7) is 25.0. The van der Waals surface area contributed by atoms with Crippen LogP contribution in [0.15, 0.2) is 54.4 Å². The Morgan fingerprint density at radius 2 is 1.44 bits per heavy atom.